The highest BCUT2D eigenvalue weighted by atomic mass is 16.6. The van der Waals surface area contributed by atoms with E-state index in [1.54, 1.807) is 20.8 Å². The molecule has 2 N–H and O–H groups in total. The van der Waals surface area contributed by atoms with E-state index >= 15 is 0 Å². The van der Waals surface area contributed by atoms with Crippen LogP contribution in [0.3, 0.4) is 0 Å². The van der Waals surface area contributed by atoms with Crippen LogP contribution in [-0.4, -0.2) is 76.6 Å². The van der Waals surface area contributed by atoms with E-state index in [4.69, 9.17) is 9.84 Å². The number of hydrogen-bond acceptors (Lipinski definition) is 6. The maximum absolute atomic E-state index is 12.7. The Labute approximate surface area is 160 Å². The van der Waals surface area contributed by atoms with E-state index < -0.39 is 30.1 Å². The molecule has 1 fully saturated rings. The van der Waals surface area contributed by atoms with Crippen molar-refractivity contribution >= 4 is 23.9 Å². The average Bonchev–Trinajstić information content (AvgIpc) is 3.02. The fourth-order valence-electron chi connectivity index (χ4n) is 2.74. The smallest absolute Gasteiger partial charge is 0.417 e. The molecule has 154 valence electrons. The lowest BCUT2D eigenvalue weighted by atomic mass is 10.1. The molecule has 0 unspecified atom stereocenters. The second-order valence-corrected chi connectivity index (χ2v) is 8.12. The molecule has 0 spiro atoms. The van der Waals surface area contributed by atoms with Crippen molar-refractivity contribution in [1.29, 1.82) is 0 Å². The average molecular weight is 385 g/mol. The summed E-state index contributed by atoms with van der Waals surface area (Å²) in [6.45, 7) is 8.56. The molecule has 1 aliphatic heterocycles. The Morgan fingerprint density at radius 2 is 1.81 bits per heavy atom. The van der Waals surface area contributed by atoms with Crippen LogP contribution >= 0.6 is 0 Å². The topological polar surface area (TPSA) is 116 Å². The predicted molar refractivity (Wildman–Crippen MR) is 98.0 cm³/mol. The van der Waals surface area contributed by atoms with Crippen molar-refractivity contribution in [2.75, 3.05) is 26.2 Å². The Balaban J connectivity index is 2.93. The number of nitrogens with zero attached hydrogens (tertiary/aromatic N) is 2. The van der Waals surface area contributed by atoms with Gasteiger partial charge in [0.25, 0.3) is 5.91 Å². The third kappa shape index (κ3) is 7.94. The summed E-state index contributed by atoms with van der Waals surface area (Å²) in [6, 6.07) is -0.356. The summed E-state index contributed by atoms with van der Waals surface area (Å²) in [7, 11) is 0. The summed E-state index contributed by atoms with van der Waals surface area (Å²) in [5.41, 5.74) is -0.880. The van der Waals surface area contributed by atoms with Gasteiger partial charge in [-0.3, -0.25) is 14.4 Å². The van der Waals surface area contributed by atoms with Crippen molar-refractivity contribution in [3.63, 3.8) is 0 Å². The number of hydrogen-bond donors (Lipinski definition) is 2. The number of carbonyl (C=O) groups excluding carboxylic acids is 3. The number of nitrogens with one attached hydrogen (secondary N) is 1. The molecule has 1 saturated heterocycles. The summed E-state index contributed by atoms with van der Waals surface area (Å²) in [6.07, 6.45) is 0.529. The number of imide groups is 1. The monoisotopic (exact) mass is 385 g/mol. The zero-order valence-corrected chi connectivity index (χ0v) is 16.8. The molecule has 0 aromatic carbocycles. The van der Waals surface area contributed by atoms with Crippen LogP contribution in [-0.2, 0) is 19.1 Å². The fraction of sp³-hybridized carbons (Fsp3) is 0.778. The first-order valence-corrected chi connectivity index (χ1v) is 9.18. The summed E-state index contributed by atoms with van der Waals surface area (Å²) in [5, 5.41) is 12.1. The molecule has 0 aromatic heterocycles. The first-order chi connectivity index (χ1) is 12.4. The molecule has 0 radical (unpaired) electrons. The minimum atomic E-state index is -1.34. The van der Waals surface area contributed by atoms with Gasteiger partial charge in [0.15, 0.2) is 0 Å². The van der Waals surface area contributed by atoms with Crippen molar-refractivity contribution in [3.05, 3.63) is 0 Å². The number of carboxylic acid groups (broad SMARTS) is 1. The molecule has 9 heteroatoms. The molecule has 0 aromatic rings. The van der Waals surface area contributed by atoms with Crippen LogP contribution in [0.4, 0.5) is 4.79 Å². The number of carbonyl (C=O) groups is 4. The van der Waals surface area contributed by atoms with Crippen molar-refractivity contribution in [2.45, 2.75) is 59.1 Å². The molecule has 9 nitrogen and oxygen atoms in total. The molecule has 0 bridgehead atoms. The van der Waals surface area contributed by atoms with Gasteiger partial charge in [-0.15, -0.1) is 0 Å². The molecular weight excluding hydrogens is 354 g/mol. The summed E-state index contributed by atoms with van der Waals surface area (Å²) >= 11 is 0. The SMILES string of the molecule is CC(C)CN(CC(=O)N(CC(=O)O)C(=O)OC(C)(C)C)C(=O)[C@@H]1CCCN1. The molecular formula is C18H31N3O6. The van der Waals surface area contributed by atoms with Gasteiger partial charge in [0.05, 0.1) is 6.04 Å². The van der Waals surface area contributed by atoms with Crippen LogP contribution in [0.2, 0.25) is 0 Å². The number of aliphatic carboxylic acids is 1. The van der Waals surface area contributed by atoms with Gasteiger partial charge in [0.2, 0.25) is 5.91 Å². The lowest BCUT2D eigenvalue weighted by Gasteiger charge is -2.30. The Bertz CT molecular complexity index is 564. The van der Waals surface area contributed by atoms with Gasteiger partial charge in [-0.25, -0.2) is 9.69 Å². The van der Waals surface area contributed by atoms with Crippen molar-refractivity contribution < 1.29 is 29.0 Å². The van der Waals surface area contributed by atoms with Gasteiger partial charge < -0.3 is 20.1 Å². The number of amides is 3. The highest BCUT2D eigenvalue weighted by Crippen LogP contribution is 2.13. The van der Waals surface area contributed by atoms with Gasteiger partial charge >= 0.3 is 12.1 Å². The lowest BCUT2D eigenvalue weighted by Crippen LogP contribution is -2.52. The van der Waals surface area contributed by atoms with Crippen LogP contribution in [0.15, 0.2) is 0 Å². The fourth-order valence-corrected chi connectivity index (χ4v) is 2.74. The first-order valence-electron chi connectivity index (χ1n) is 9.18. The van der Waals surface area contributed by atoms with Crippen LogP contribution < -0.4 is 5.32 Å². The third-order valence-corrected chi connectivity index (χ3v) is 3.79. The zero-order valence-electron chi connectivity index (χ0n) is 16.8. The number of carboxylic acids is 1. The molecule has 0 aliphatic carbocycles. The van der Waals surface area contributed by atoms with Crippen molar-refractivity contribution in [1.82, 2.24) is 15.1 Å². The minimum absolute atomic E-state index is 0.109. The van der Waals surface area contributed by atoms with Crippen LogP contribution in [0.1, 0.15) is 47.5 Å². The highest BCUT2D eigenvalue weighted by Gasteiger charge is 2.33. The zero-order chi connectivity index (χ0) is 20.8. The largest absolute Gasteiger partial charge is 0.480 e. The highest BCUT2D eigenvalue weighted by molar-refractivity contribution is 5.97. The van der Waals surface area contributed by atoms with Crippen LogP contribution in [0, 0.1) is 5.92 Å². The Kier molecular flexibility index (Phi) is 8.20. The maximum Gasteiger partial charge on any atom is 0.417 e. The predicted octanol–water partition coefficient (Wildman–Crippen LogP) is 1.07. The summed E-state index contributed by atoms with van der Waals surface area (Å²) in [5.74, 6) is -2.22. The molecule has 1 aliphatic rings. The Hall–Kier alpha value is -2.16. The van der Waals surface area contributed by atoms with E-state index in [9.17, 15) is 19.2 Å². The molecule has 1 atom stereocenters. The van der Waals surface area contributed by atoms with Gasteiger partial charge in [-0.1, -0.05) is 13.8 Å². The van der Waals surface area contributed by atoms with Crippen molar-refractivity contribution in [2.24, 2.45) is 5.92 Å². The van der Waals surface area contributed by atoms with E-state index in [2.05, 4.69) is 5.32 Å². The minimum Gasteiger partial charge on any atom is -0.480 e. The van der Waals surface area contributed by atoms with E-state index in [0.29, 0.717) is 17.9 Å². The molecule has 1 heterocycles. The second kappa shape index (κ2) is 9.68. The lowest BCUT2D eigenvalue weighted by molar-refractivity contribution is -0.146. The van der Waals surface area contributed by atoms with Gasteiger partial charge in [0.1, 0.15) is 18.7 Å². The van der Waals surface area contributed by atoms with Gasteiger partial charge in [0, 0.05) is 6.54 Å². The van der Waals surface area contributed by atoms with Crippen LogP contribution in [0.25, 0.3) is 0 Å². The second-order valence-electron chi connectivity index (χ2n) is 8.12. The molecule has 27 heavy (non-hydrogen) atoms. The normalized spacial score (nSPS) is 16.9. The van der Waals surface area contributed by atoms with Crippen molar-refractivity contribution in [3.8, 4) is 0 Å². The third-order valence-electron chi connectivity index (χ3n) is 3.79. The molecule has 1 rings (SSSR count). The number of ether oxygens (including phenoxy) is 1. The van der Waals surface area contributed by atoms with E-state index in [1.165, 1.54) is 4.90 Å². The number of rotatable bonds is 7. The quantitative estimate of drug-likeness (QED) is 0.673. The Morgan fingerprint density at radius 1 is 1.19 bits per heavy atom. The first kappa shape index (κ1) is 22.9. The summed E-state index contributed by atoms with van der Waals surface area (Å²) < 4.78 is 5.13. The standard InChI is InChI=1S/C18H31N3O6/c1-12(2)9-20(16(25)13-7-6-8-19-13)10-14(22)21(11-15(23)24)17(26)27-18(3,4)5/h12-13,19H,6-11H2,1-5H3,(H,23,24)/t13-/m0/s1. The van der Waals surface area contributed by atoms with Gasteiger partial charge in [-0.05, 0) is 46.1 Å². The van der Waals surface area contributed by atoms with E-state index in [1.807, 2.05) is 13.8 Å². The van der Waals surface area contributed by atoms with E-state index in [-0.39, 0.29) is 24.4 Å². The Morgan fingerprint density at radius 3 is 2.26 bits per heavy atom. The van der Waals surface area contributed by atoms with E-state index in [0.717, 1.165) is 13.0 Å². The maximum atomic E-state index is 12.7. The molecule has 3 amide bonds. The van der Waals surface area contributed by atoms with Crippen LogP contribution in [0.5, 0.6) is 0 Å². The molecule has 0 saturated carbocycles. The summed E-state index contributed by atoms with van der Waals surface area (Å²) in [4.78, 5) is 50.7. The van der Waals surface area contributed by atoms with Gasteiger partial charge in [-0.2, -0.15) is 0 Å².